The summed E-state index contributed by atoms with van der Waals surface area (Å²) in [4.78, 5) is 35.8. The molecule has 0 aliphatic carbocycles. The third kappa shape index (κ3) is 4.65. The van der Waals surface area contributed by atoms with Crippen molar-refractivity contribution < 1.29 is 4.79 Å². The van der Waals surface area contributed by atoms with Crippen LogP contribution in [0, 0.1) is 0 Å². The SMILES string of the molecule is CCCCNC(=O)c1ccc(N(C)C(C)C2=CNc3nc(NC)[nH]c(=O)c3N2C)cc1. The lowest BCUT2D eigenvalue weighted by molar-refractivity contribution is 0.0953. The largest absolute Gasteiger partial charge is 0.366 e. The van der Waals surface area contributed by atoms with E-state index in [9.17, 15) is 9.59 Å². The lowest BCUT2D eigenvalue weighted by Crippen LogP contribution is -2.41. The molecule has 0 spiro atoms. The quantitative estimate of drug-likeness (QED) is 0.482. The summed E-state index contributed by atoms with van der Waals surface area (Å²) in [7, 11) is 5.54. The highest BCUT2D eigenvalue weighted by atomic mass is 16.1. The number of benzene rings is 1. The molecule has 1 atom stereocenters. The number of H-pyrrole nitrogens is 1. The van der Waals surface area contributed by atoms with Gasteiger partial charge < -0.3 is 25.8 Å². The Balaban J connectivity index is 1.75. The second-order valence-electron chi connectivity index (χ2n) is 7.58. The molecule has 1 amide bonds. The van der Waals surface area contributed by atoms with Gasteiger partial charge in [0.2, 0.25) is 5.95 Å². The average molecular weight is 426 g/mol. The Kier molecular flexibility index (Phi) is 6.84. The van der Waals surface area contributed by atoms with Crippen LogP contribution in [0.5, 0.6) is 0 Å². The van der Waals surface area contributed by atoms with Gasteiger partial charge in [-0.3, -0.25) is 14.6 Å². The first-order chi connectivity index (χ1) is 14.9. The van der Waals surface area contributed by atoms with Gasteiger partial charge in [0.25, 0.3) is 11.5 Å². The zero-order chi connectivity index (χ0) is 22.5. The van der Waals surface area contributed by atoms with Crippen molar-refractivity contribution in [1.29, 1.82) is 0 Å². The molecule has 0 bridgehead atoms. The number of anilines is 4. The summed E-state index contributed by atoms with van der Waals surface area (Å²) in [6.07, 6.45) is 3.88. The predicted octanol–water partition coefficient (Wildman–Crippen LogP) is 2.57. The fourth-order valence-electron chi connectivity index (χ4n) is 3.52. The van der Waals surface area contributed by atoms with Gasteiger partial charge >= 0.3 is 0 Å². The van der Waals surface area contributed by atoms with Crippen LogP contribution < -0.4 is 31.3 Å². The minimum Gasteiger partial charge on any atom is -0.366 e. The molecule has 0 fully saturated rings. The molecule has 1 aliphatic heterocycles. The van der Waals surface area contributed by atoms with Crippen molar-refractivity contribution >= 4 is 29.0 Å². The molecule has 0 saturated carbocycles. The second kappa shape index (κ2) is 9.55. The van der Waals surface area contributed by atoms with E-state index in [0.717, 1.165) is 24.2 Å². The molecule has 3 rings (SSSR count). The normalized spacial score (nSPS) is 13.6. The Morgan fingerprint density at radius 1 is 1.29 bits per heavy atom. The van der Waals surface area contributed by atoms with Gasteiger partial charge in [-0.2, -0.15) is 4.98 Å². The highest BCUT2D eigenvalue weighted by Gasteiger charge is 2.27. The number of likely N-dealkylation sites (N-methyl/N-ethyl adjacent to an activating group) is 2. The van der Waals surface area contributed by atoms with Crippen molar-refractivity contribution in [1.82, 2.24) is 15.3 Å². The molecule has 1 aromatic carbocycles. The van der Waals surface area contributed by atoms with Gasteiger partial charge in [0.1, 0.15) is 0 Å². The predicted molar refractivity (Wildman–Crippen MR) is 126 cm³/mol. The number of carbonyl (C=O) groups is 1. The van der Waals surface area contributed by atoms with E-state index in [1.54, 1.807) is 7.05 Å². The highest BCUT2D eigenvalue weighted by Crippen LogP contribution is 2.30. The van der Waals surface area contributed by atoms with E-state index in [0.29, 0.717) is 29.6 Å². The number of aromatic nitrogens is 2. The van der Waals surface area contributed by atoms with E-state index in [1.807, 2.05) is 49.5 Å². The smallest absolute Gasteiger partial charge is 0.278 e. The molecule has 9 heteroatoms. The summed E-state index contributed by atoms with van der Waals surface area (Å²) in [5, 5.41) is 8.92. The van der Waals surface area contributed by atoms with Gasteiger partial charge in [-0.1, -0.05) is 13.3 Å². The Hall–Kier alpha value is -3.49. The average Bonchev–Trinajstić information content (AvgIpc) is 2.78. The van der Waals surface area contributed by atoms with Gasteiger partial charge in [-0.15, -0.1) is 0 Å². The molecule has 0 radical (unpaired) electrons. The summed E-state index contributed by atoms with van der Waals surface area (Å²) in [5.74, 6) is 0.858. The first kappa shape index (κ1) is 22.2. The number of carbonyl (C=O) groups excluding carboxylic acids is 1. The number of rotatable bonds is 8. The molecule has 1 aliphatic rings. The van der Waals surface area contributed by atoms with Crippen LogP contribution in [0.25, 0.3) is 0 Å². The summed E-state index contributed by atoms with van der Waals surface area (Å²) < 4.78 is 0. The van der Waals surface area contributed by atoms with E-state index < -0.39 is 0 Å². The molecule has 166 valence electrons. The third-order valence-corrected chi connectivity index (χ3v) is 5.57. The number of hydrogen-bond donors (Lipinski definition) is 4. The summed E-state index contributed by atoms with van der Waals surface area (Å²) >= 11 is 0. The molecule has 31 heavy (non-hydrogen) atoms. The zero-order valence-corrected chi connectivity index (χ0v) is 18.7. The van der Waals surface area contributed by atoms with Crippen LogP contribution in [0.4, 0.5) is 23.1 Å². The molecule has 9 nitrogen and oxygen atoms in total. The standard InChI is InChI=1S/C22H31N7O2/c1-6-7-12-24-20(30)15-8-10-16(11-9-15)28(4)14(2)17-13-25-19-18(29(17)5)21(31)27-22(23-3)26-19/h8-11,13-14H,6-7,12H2,1-5H3,(H,24,30)(H3,23,25,26,27,31). The van der Waals surface area contributed by atoms with Crippen molar-refractivity contribution in [3.8, 4) is 0 Å². The summed E-state index contributed by atoms with van der Waals surface area (Å²) in [6, 6.07) is 7.49. The Morgan fingerprint density at radius 2 is 2.00 bits per heavy atom. The van der Waals surface area contributed by atoms with Gasteiger partial charge in [0.05, 0.1) is 11.7 Å². The Morgan fingerprint density at radius 3 is 2.65 bits per heavy atom. The molecule has 1 aromatic heterocycles. The minimum absolute atomic E-state index is 0.0433. The summed E-state index contributed by atoms with van der Waals surface area (Å²) in [5.41, 5.74) is 2.78. The van der Waals surface area contributed by atoms with Crippen molar-refractivity contribution in [3.63, 3.8) is 0 Å². The van der Waals surface area contributed by atoms with Crippen molar-refractivity contribution in [2.75, 3.05) is 48.1 Å². The number of hydrogen-bond acceptors (Lipinski definition) is 7. The van der Waals surface area contributed by atoms with Crippen molar-refractivity contribution in [3.05, 3.63) is 52.1 Å². The monoisotopic (exact) mass is 425 g/mol. The van der Waals surface area contributed by atoms with E-state index in [-0.39, 0.29) is 17.5 Å². The van der Waals surface area contributed by atoms with E-state index in [2.05, 4.69) is 44.7 Å². The van der Waals surface area contributed by atoms with Gasteiger partial charge in [-0.05, 0) is 37.6 Å². The molecule has 1 unspecified atom stereocenters. The fourth-order valence-corrected chi connectivity index (χ4v) is 3.52. The molecule has 4 N–H and O–H groups in total. The number of unbranched alkanes of at least 4 members (excludes halogenated alkanes) is 1. The van der Waals surface area contributed by atoms with Crippen molar-refractivity contribution in [2.45, 2.75) is 32.7 Å². The van der Waals surface area contributed by atoms with Crippen LogP contribution in [0.3, 0.4) is 0 Å². The van der Waals surface area contributed by atoms with Crippen LogP contribution in [0.2, 0.25) is 0 Å². The molecule has 2 heterocycles. The molecule has 2 aromatic rings. The zero-order valence-electron chi connectivity index (χ0n) is 18.7. The Bertz CT molecular complexity index is 1010. The molecule has 0 saturated heterocycles. The lowest BCUT2D eigenvalue weighted by Gasteiger charge is -2.36. The lowest BCUT2D eigenvalue weighted by atomic mass is 10.1. The van der Waals surface area contributed by atoms with E-state index in [1.165, 1.54) is 0 Å². The van der Waals surface area contributed by atoms with Gasteiger partial charge in [0.15, 0.2) is 11.5 Å². The first-order valence-electron chi connectivity index (χ1n) is 10.5. The molecular weight excluding hydrogens is 394 g/mol. The summed E-state index contributed by atoms with van der Waals surface area (Å²) in [6.45, 7) is 4.84. The number of fused-ring (bicyclic) bond motifs is 1. The first-order valence-corrected chi connectivity index (χ1v) is 10.5. The number of aromatic amines is 1. The van der Waals surface area contributed by atoms with Gasteiger partial charge in [0, 0.05) is 45.1 Å². The maximum Gasteiger partial charge on any atom is 0.278 e. The van der Waals surface area contributed by atoms with Crippen molar-refractivity contribution in [2.24, 2.45) is 0 Å². The highest BCUT2D eigenvalue weighted by molar-refractivity contribution is 5.94. The van der Waals surface area contributed by atoms with Crippen LogP contribution in [-0.4, -0.2) is 49.6 Å². The molecular formula is C22H31N7O2. The number of nitrogens with zero attached hydrogens (tertiary/aromatic N) is 3. The maximum atomic E-state index is 12.6. The van der Waals surface area contributed by atoms with Crippen LogP contribution >= 0.6 is 0 Å². The Labute approximate surface area is 182 Å². The maximum absolute atomic E-state index is 12.6. The van der Waals surface area contributed by atoms with Gasteiger partial charge in [-0.25, -0.2) is 0 Å². The fraction of sp³-hybridized carbons (Fsp3) is 0.409. The number of nitrogens with one attached hydrogen (secondary N) is 4. The second-order valence-corrected chi connectivity index (χ2v) is 7.58. The minimum atomic E-state index is -0.219. The van der Waals surface area contributed by atoms with Crippen LogP contribution in [0.15, 0.2) is 41.0 Å². The third-order valence-electron chi connectivity index (χ3n) is 5.57. The topological polar surface area (TPSA) is 105 Å². The number of amides is 1. The van der Waals surface area contributed by atoms with E-state index >= 15 is 0 Å². The van der Waals surface area contributed by atoms with Crippen LogP contribution in [-0.2, 0) is 0 Å². The van der Waals surface area contributed by atoms with Crippen LogP contribution in [0.1, 0.15) is 37.0 Å². The van der Waals surface area contributed by atoms with E-state index in [4.69, 9.17) is 0 Å².